The van der Waals surface area contributed by atoms with Crippen LogP contribution in [0.1, 0.15) is 43.0 Å². The number of Topliss-reactive ketones (excluding diaryl/α,β-unsaturated/α-hetero) is 1. The van der Waals surface area contributed by atoms with Gasteiger partial charge in [0.1, 0.15) is 11.4 Å². The lowest BCUT2D eigenvalue weighted by atomic mass is 9.91. The molecule has 1 aliphatic rings. The normalized spacial score (nSPS) is 18.0. The number of hydrogen-bond donors (Lipinski definition) is 1. The molecule has 0 amide bonds. The molecule has 0 atom stereocenters. The molecule has 3 heteroatoms. The Kier molecular flexibility index (Phi) is 3.48. The van der Waals surface area contributed by atoms with Crippen molar-refractivity contribution in [2.75, 3.05) is 6.61 Å². The van der Waals surface area contributed by atoms with Gasteiger partial charge in [0.05, 0.1) is 6.61 Å². The number of ether oxygens (including phenoxy) is 1. The van der Waals surface area contributed by atoms with Gasteiger partial charge in [-0.2, -0.15) is 0 Å². The molecule has 0 spiro atoms. The first kappa shape index (κ1) is 12.1. The van der Waals surface area contributed by atoms with E-state index in [1.165, 1.54) is 0 Å². The molecule has 1 N–H and O–H groups in total. The number of benzene rings is 1. The summed E-state index contributed by atoms with van der Waals surface area (Å²) in [5.41, 5.74) is -0.564. The fourth-order valence-corrected chi connectivity index (χ4v) is 2.32. The van der Waals surface area contributed by atoms with Crippen LogP contribution in [0.3, 0.4) is 0 Å². The lowest BCUT2D eigenvalue weighted by Gasteiger charge is -2.20. The van der Waals surface area contributed by atoms with Crippen molar-refractivity contribution in [2.24, 2.45) is 0 Å². The van der Waals surface area contributed by atoms with Gasteiger partial charge in [0.15, 0.2) is 5.78 Å². The Morgan fingerprint density at radius 3 is 2.41 bits per heavy atom. The van der Waals surface area contributed by atoms with Crippen molar-refractivity contribution in [3.8, 4) is 5.75 Å². The largest absolute Gasteiger partial charge is 0.494 e. The summed E-state index contributed by atoms with van der Waals surface area (Å²) >= 11 is 0. The van der Waals surface area contributed by atoms with Gasteiger partial charge < -0.3 is 9.84 Å². The highest BCUT2D eigenvalue weighted by molar-refractivity contribution is 6.02. The number of hydrogen-bond acceptors (Lipinski definition) is 3. The second kappa shape index (κ2) is 4.88. The summed E-state index contributed by atoms with van der Waals surface area (Å²) in [6.45, 7) is 2.53. The Bertz CT molecular complexity index is 388. The van der Waals surface area contributed by atoms with Gasteiger partial charge in [-0.15, -0.1) is 0 Å². The van der Waals surface area contributed by atoms with Crippen molar-refractivity contribution in [2.45, 2.75) is 38.2 Å². The van der Waals surface area contributed by atoms with E-state index in [1.807, 2.05) is 6.92 Å². The first-order valence-corrected chi connectivity index (χ1v) is 6.16. The average molecular weight is 234 g/mol. The molecule has 17 heavy (non-hydrogen) atoms. The fraction of sp³-hybridized carbons (Fsp3) is 0.500. The van der Waals surface area contributed by atoms with E-state index in [9.17, 15) is 9.90 Å². The molecule has 2 rings (SSSR count). The highest BCUT2D eigenvalue weighted by Gasteiger charge is 2.39. The number of ketones is 1. The van der Waals surface area contributed by atoms with Crippen molar-refractivity contribution in [1.82, 2.24) is 0 Å². The van der Waals surface area contributed by atoms with Crippen LogP contribution in [0.25, 0.3) is 0 Å². The molecule has 1 aliphatic carbocycles. The molecule has 1 aromatic rings. The smallest absolute Gasteiger partial charge is 0.194 e. The Labute approximate surface area is 101 Å². The standard InChI is InChI=1S/C14H18O3/c1-2-17-12-7-5-11(6-8-12)13(15)14(16)9-3-4-10-14/h5-8,16H,2-4,9-10H2,1H3. The summed E-state index contributed by atoms with van der Waals surface area (Å²) in [4.78, 5) is 12.1. The molecule has 1 saturated carbocycles. The molecular formula is C14H18O3. The van der Waals surface area contributed by atoms with E-state index in [-0.39, 0.29) is 5.78 Å². The average Bonchev–Trinajstić information content (AvgIpc) is 2.78. The lowest BCUT2D eigenvalue weighted by Crippen LogP contribution is -2.35. The summed E-state index contributed by atoms with van der Waals surface area (Å²) in [6, 6.07) is 7.00. The first-order chi connectivity index (χ1) is 8.15. The SMILES string of the molecule is CCOc1ccc(C(=O)C2(O)CCCC2)cc1. The van der Waals surface area contributed by atoms with Gasteiger partial charge in [0.2, 0.25) is 0 Å². The van der Waals surface area contributed by atoms with Gasteiger partial charge in [0, 0.05) is 5.56 Å². The zero-order valence-electron chi connectivity index (χ0n) is 10.1. The lowest BCUT2D eigenvalue weighted by molar-refractivity contribution is 0.0353. The maximum atomic E-state index is 12.1. The van der Waals surface area contributed by atoms with Crippen molar-refractivity contribution in [3.63, 3.8) is 0 Å². The minimum Gasteiger partial charge on any atom is -0.494 e. The monoisotopic (exact) mass is 234 g/mol. The molecule has 92 valence electrons. The van der Waals surface area contributed by atoms with Crippen molar-refractivity contribution in [1.29, 1.82) is 0 Å². The number of rotatable bonds is 4. The number of carbonyl (C=O) groups excluding carboxylic acids is 1. The maximum absolute atomic E-state index is 12.1. The fourth-order valence-electron chi connectivity index (χ4n) is 2.32. The van der Waals surface area contributed by atoms with E-state index >= 15 is 0 Å². The molecule has 0 radical (unpaired) electrons. The van der Waals surface area contributed by atoms with E-state index < -0.39 is 5.60 Å². The van der Waals surface area contributed by atoms with Crippen LogP contribution in [0, 0.1) is 0 Å². The predicted molar refractivity (Wildman–Crippen MR) is 65.4 cm³/mol. The van der Waals surface area contributed by atoms with Crippen LogP contribution in [-0.4, -0.2) is 23.1 Å². The molecule has 0 unspecified atom stereocenters. The molecule has 0 bridgehead atoms. The second-order valence-electron chi connectivity index (χ2n) is 4.53. The van der Waals surface area contributed by atoms with Crippen LogP contribution in [0.4, 0.5) is 0 Å². The van der Waals surface area contributed by atoms with Gasteiger partial charge in [-0.3, -0.25) is 4.79 Å². The Hall–Kier alpha value is -1.35. The van der Waals surface area contributed by atoms with E-state index in [0.29, 0.717) is 25.0 Å². The van der Waals surface area contributed by atoms with Crippen LogP contribution in [0.5, 0.6) is 5.75 Å². The summed E-state index contributed by atoms with van der Waals surface area (Å²) in [5.74, 6) is 0.598. The van der Waals surface area contributed by atoms with E-state index in [1.54, 1.807) is 24.3 Å². The summed E-state index contributed by atoms with van der Waals surface area (Å²) in [6.07, 6.45) is 3.02. The topological polar surface area (TPSA) is 46.5 Å². The summed E-state index contributed by atoms with van der Waals surface area (Å²) < 4.78 is 5.32. The van der Waals surface area contributed by atoms with E-state index in [0.717, 1.165) is 18.6 Å². The molecular weight excluding hydrogens is 216 g/mol. The highest BCUT2D eigenvalue weighted by Crippen LogP contribution is 2.32. The van der Waals surface area contributed by atoms with Crippen LogP contribution >= 0.6 is 0 Å². The summed E-state index contributed by atoms with van der Waals surface area (Å²) in [7, 11) is 0. The van der Waals surface area contributed by atoms with Crippen molar-refractivity contribution < 1.29 is 14.6 Å². The first-order valence-electron chi connectivity index (χ1n) is 6.16. The predicted octanol–water partition coefficient (Wildman–Crippen LogP) is 2.57. The van der Waals surface area contributed by atoms with Crippen molar-refractivity contribution >= 4 is 5.78 Å². The zero-order valence-corrected chi connectivity index (χ0v) is 10.1. The minimum atomic E-state index is -1.13. The molecule has 0 heterocycles. The quantitative estimate of drug-likeness (QED) is 0.814. The van der Waals surface area contributed by atoms with E-state index in [4.69, 9.17) is 4.74 Å². The third-order valence-electron chi connectivity index (χ3n) is 3.28. The number of aliphatic hydroxyl groups is 1. The Morgan fingerprint density at radius 2 is 1.88 bits per heavy atom. The van der Waals surface area contributed by atoms with Gasteiger partial charge in [-0.1, -0.05) is 0 Å². The van der Waals surface area contributed by atoms with Gasteiger partial charge in [-0.05, 0) is 56.9 Å². The Morgan fingerprint density at radius 1 is 1.29 bits per heavy atom. The summed E-state index contributed by atoms with van der Waals surface area (Å²) in [5, 5.41) is 10.2. The second-order valence-corrected chi connectivity index (χ2v) is 4.53. The third kappa shape index (κ3) is 2.50. The third-order valence-corrected chi connectivity index (χ3v) is 3.28. The van der Waals surface area contributed by atoms with Crippen LogP contribution in [0.15, 0.2) is 24.3 Å². The molecule has 0 saturated heterocycles. The molecule has 0 aliphatic heterocycles. The maximum Gasteiger partial charge on any atom is 0.194 e. The van der Waals surface area contributed by atoms with Gasteiger partial charge in [-0.25, -0.2) is 0 Å². The van der Waals surface area contributed by atoms with Gasteiger partial charge in [0.25, 0.3) is 0 Å². The van der Waals surface area contributed by atoms with Gasteiger partial charge >= 0.3 is 0 Å². The highest BCUT2D eigenvalue weighted by atomic mass is 16.5. The Balaban J connectivity index is 2.14. The van der Waals surface area contributed by atoms with Crippen molar-refractivity contribution in [3.05, 3.63) is 29.8 Å². The minimum absolute atomic E-state index is 0.155. The molecule has 3 nitrogen and oxygen atoms in total. The molecule has 1 fully saturated rings. The van der Waals surface area contributed by atoms with Crippen LogP contribution in [-0.2, 0) is 0 Å². The number of carbonyl (C=O) groups is 1. The van der Waals surface area contributed by atoms with E-state index in [2.05, 4.69) is 0 Å². The van der Waals surface area contributed by atoms with Crippen LogP contribution < -0.4 is 4.74 Å². The molecule has 0 aromatic heterocycles. The molecule has 1 aromatic carbocycles. The zero-order chi connectivity index (χ0) is 12.3. The van der Waals surface area contributed by atoms with Crippen LogP contribution in [0.2, 0.25) is 0 Å².